The summed E-state index contributed by atoms with van der Waals surface area (Å²) in [6.45, 7) is 6.01. The van der Waals surface area contributed by atoms with Crippen LogP contribution >= 0.6 is 11.6 Å². The molecule has 0 N–H and O–H groups in total. The van der Waals surface area contributed by atoms with Gasteiger partial charge >= 0.3 is 0 Å². The highest BCUT2D eigenvalue weighted by molar-refractivity contribution is 6.18. The molecular weight excluding hydrogens is 246 g/mol. The molecule has 0 unspecified atom stereocenters. The maximum atomic E-state index is 12.1. The summed E-state index contributed by atoms with van der Waals surface area (Å²) in [5.74, 6) is 0.584. The molecular formula is C15H22ClNO. The molecule has 0 fully saturated rings. The largest absolute Gasteiger partial charge is 0.339 e. The molecule has 0 saturated carbocycles. The fourth-order valence-corrected chi connectivity index (χ4v) is 1.78. The number of aryl methyl sites for hydroxylation is 2. The van der Waals surface area contributed by atoms with Crippen molar-refractivity contribution in [3.63, 3.8) is 0 Å². The highest BCUT2D eigenvalue weighted by Gasteiger charge is 2.26. The lowest BCUT2D eigenvalue weighted by atomic mass is 10.0. The Morgan fingerprint density at radius 2 is 1.83 bits per heavy atom. The quantitative estimate of drug-likeness (QED) is 0.749. The van der Waals surface area contributed by atoms with Crippen LogP contribution in [0.4, 0.5) is 0 Å². The van der Waals surface area contributed by atoms with E-state index in [1.807, 2.05) is 20.9 Å². The van der Waals surface area contributed by atoms with Crippen molar-refractivity contribution in [3.8, 4) is 0 Å². The number of rotatable bonds is 5. The van der Waals surface area contributed by atoms with Crippen molar-refractivity contribution in [2.24, 2.45) is 0 Å². The second-order valence-electron chi connectivity index (χ2n) is 5.38. The van der Waals surface area contributed by atoms with Crippen molar-refractivity contribution in [1.29, 1.82) is 0 Å². The summed E-state index contributed by atoms with van der Waals surface area (Å²) in [6.07, 6.45) is 1.31. The summed E-state index contributed by atoms with van der Waals surface area (Å²) in [4.78, 5) is 13.8. The SMILES string of the molecule is Cc1ccc(CCC(=O)N(C)C(C)(C)CCl)cc1. The minimum Gasteiger partial charge on any atom is -0.339 e. The zero-order valence-corrected chi connectivity index (χ0v) is 12.4. The molecule has 1 aromatic rings. The number of amides is 1. The number of nitrogens with zero attached hydrogens (tertiary/aromatic N) is 1. The third kappa shape index (κ3) is 4.02. The molecule has 2 nitrogen and oxygen atoms in total. The van der Waals surface area contributed by atoms with E-state index in [-0.39, 0.29) is 11.4 Å². The molecule has 0 bridgehead atoms. The van der Waals surface area contributed by atoms with Crippen LogP contribution in [0.2, 0.25) is 0 Å². The van der Waals surface area contributed by atoms with Crippen molar-refractivity contribution in [3.05, 3.63) is 35.4 Å². The van der Waals surface area contributed by atoms with Gasteiger partial charge in [-0.3, -0.25) is 4.79 Å². The number of hydrogen-bond acceptors (Lipinski definition) is 1. The van der Waals surface area contributed by atoms with E-state index in [2.05, 4.69) is 31.2 Å². The molecule has 1 amide bonds. The summed E-state index contributed by atoms with van der Waals surface area (Å²) in [7, 11) is 1.82. The topological polar surface area (TPSA) is 20.3 Å². The number of halogens is 1. The molecule has 1 aromatic carbocycles. The highest BCUT2D eigenvalue weighted by atomic mass is 35.5. The van der Waals surface area contributed by atoms with Crippen LogP contribution in [-0.2, 0) is 11.2 Å². The van der Waals surface area contributed by atoms with Crippen LogP contribution in [0.15, 0.2) is 24.3 Å². The lowest BCUT2D eigenvalue weighted by Crippen LogP contribution is -2.46. The van der Waals surface area contributed by atoms with E-state index in [9.17, 15) is 4.79 Å². The van der Waals surface area contributed by atoms with E-state index >= 15 is 0 Å². The molecule has 0 aliphatic carbocycles. The van der Waals surface area contributed by atoms with Crippen molar-refractivity contribution >= 4 is 17.5 Å². The number of carbonyl (C=O) groups excluding carboxylic acids is 1. The van der Waals surface area contributed by atoms with Gasteiger partial charge < -0.3 is 4.90 Å². The Kier molecular flexibility index (Phi) is 5.21. The Labute approximate surface area is 115 Å². The highest BCUT2D eigenvalue weighted by Crippen LogP contribution is 2.16. The minimum absolute atomic E-state index is 0.140. The summed E-state index contributed by atoms with van der Waals surface area (Å²) < 4.78 is 0. The number of carbonyl (C=O) groups is 1. The van der Waals surface area contributed by atoms with E-state index < -0.39 is 0 Å². The van der Waals surface area contributed by atoms with Gasteiger partial charge in [-0.2, -0.15) is 0 Å². The summed E-state index contributed by atoms with van der Waals surface area (Å²) in [5.41, 5.74) is 2.16. The van der Waals surface area contributed by atoms with Gasteiger partial charge in [-0.15, -0.1) is 11.6 Å². The summed E-state index contributed by atoms with van der Waals surface area (Å²) in [5, 5.41) is 0. The second-order valence-corrected chi connectivity index (χ2v) is 5.65. The van der Waals surface area contributed by atoms with Crippen LogP contribution in [-0.4, -0.2) is 29.3 Å². The van der Waals surface area contributed by atoms with E-state index in [1.165, 1.54) is 11.1 Å². The molecule has 0 atom stereocenters. The Hall–Kier alpha value is -1.02. The van der Waals surface area contributed by atoms with Crippen LogP contribution in [0.3, 0.4) is 0 Å². The first kappa shape index (κ1) is 15.0. The maximum Gasteiger partial charge on any atom is 0.223 e. The Balaban J connectivity index is 2.53. The van der Waals surface area contributed by atoms with Gasteiger partial charge in [-0.1, -0.05) is 29.8 Å². The fraction of sp³-hybridized carbons (Fsp3) is 0.533. The Morgan fingerprint density at radius 3 is 2.33 bits per heavy atom. The van der Waals surface area contributed by atoms with Gasteiger partial charge in [0.25, 0.3) is 0 Å². The third-order valence-corrected chi connectivity index (χ3v) is 4.01. The maximum absolute atomic E-state index is 12.1. The first-order valence-electron chi connectivity index (χ1n) is 6.25. The fourth-order valence-electron chi connectivity index (χ4n) is 1.60. The monoisotopic (exact) mass is 267 g/mol. The molecule has 18 heavy (non-hydrogen) atoms. The predicted octanol–water partition coefficient (Wildman–Crippen LogP) is 3.40. The molecule has 1 rings (SSSR count). The zero-order valence-electron chi connectivity index (χ0n) is 11.7. The van der Waals surface area contributed by atoms with Gasteiger partial charge in [0.05, 0.1) is 5.54 Å². The van der Waals surface area contributed by atoms with E-state index in [1.54, 1.807) is 4.90 Å². The molecule has 0 aliphatic rings. The van der Waals surface area contributed by atoms with Crippen molar-refractivity contribution in [2.75, 3.05) is 12.9 Å². The van der Waals surface area contributed by atoms with Crippen LogP contribution < -0.4 is 0 Å². The first-order valence-corrected chi connectivity index (χ1v) is 6.78. The molecule has 0 spiro atoms. The molecule has 0 aromatic heterocycles. The van der Waals surface area contributed by atoms with E-state index in [0.717, 1.165) is 6.42 Å². The van der Waals surface area contributed by atoms with Gasteiger partial charge in [0, 0.05) is 19.3 Å². The normalized spacial score (nSPS) is 11.4. The van der Waals surface area contributed by atoms with Crippen molar-refractivity contribution in [2.45, 2.75) is 39.2 Å². The predicted molar refractivity (Wildman–Crippen MR) is 77.1 cm³/mol. The Bertz CT molecular complexity index is 397. The first-order chi connectivity index (χ1) is 8.36. The molecule has 100 valence electrons. The van der Waals surface area contributed by atoms with E-state index in [0.29, 0.717) is 12.3 Å². The van der Waals surface area contributed by atoms with Gasteiger partial charge in [0.1, 0.15) is 0 Å². The average Bonchev–Trinajstić information content (AvgIpc) is 2.36. The van der Waals surface area contributed by atoms with Gasteiger partial charge in [0.15, 0.2) is 0 Å². The van der Waals surface area contributed by atoms with Crippen LogP contribution in [0.25, 0.3) is 0 Å². The summed E-state index contributed by atoms with van der Waals surface area (Å²) >= 11 is 5.87. The zero-order chi connectivity index (χ0) is 13.8. The van der Waals surface area contributed by atoms with Crippen LogP contribution in [0.5, 0.6) is 0 Å². The number of benzene rings is 1. The lowest BCUT2D eigenvalue weighted by molar-refractivity contribution is -0.133. The van der Waals surface area contributed by atoms with Crippen molar-refractivity contribution < 1.29 is 4.79 Å². The molecule has 0 aliphatic heterocycles. The molecule has 0 heterocycles. The number of alkyl halides is 1. The van der Waals surface area contributed by atoms with Gasteiger partial charge in [-0.25, -0.2) is 0 Å². The molecule has 0 saturated heterocycles. The van der Waals surface area contributed by atoms with E-state index in [4.69, 9.17) is 11.6 Å². The number of hydrogen-bond donors (Lipinski definition) is 0. The summed E-state index contributed by atoms with van der Waals surface area (Å²) in [6, 6.07) is 8.31. The van der Waals surface area contributed by atoms with Gasteiger partial charge in [0.2, 0.25) is 5.91 Å². The van der Waals surface area contributed by atoms with Gasteiger partial charge in [-0.05, 0) is 32.8 Å². The third-order valence-electron chi connectivity index (χ3n) is 3.36. The lowest BCUT2D eigenvalue weighted by Gasteiger charge is -2.34. The van der Waals surface area contributed by atoms with Crippen molar-refractivity contribution in [1.82, 2.24) is 4.90 Å². The van der Waals surface area contributed by atoms with Crippen LogP contribution in [0, 0.1) is 6.92 Å². The molecule has 3 heteroatoms. The average molecular weight is 268 g/mol. The molecule has 0 radical (unpaired) electrons. The second kappa shape index (κ2) is 6.24. The van der Waals surface area contributed by atoms with Crippen LogP contribution in [0.1, 0.15) is 31.4 Å². The smallest absolute Gasteiger partial charge is 0.223 e. The minimum atomic E-state index is -0.286. The Morgan fingerprint density at radius 1 is 1.28 bits per heavy atom. The standard InChI is InChI=1S/C15H22ClNO/c1-12-5-7-13(8-6-12)9-10-14(18)17(4)15(2,3)11-16/h5-8H,9-11H2,1-4H3.